The third-order valence-electron chi connectivity index (χ3n) is 4.21. The first-order chi connectivity index (χ1) is 7.49. The van der Waals surface area contributed by atoms with Crippen LogP contribution in [0.3, 0.4) is 0 Å². The van der Waals surface area contributed by atoms with Crippen molar-refractivity contribution >= 4 is 0 Å². The molecule has 0 radical (unpaired) electrons. The standard InChI is InChI=1S/C14H29NO/c1-14(2,3)13-7-6-11(9-15-4)12(8-13)10-16-5/h11-13,15H,6-10H2,1-5H3. The molecule has 1 fully saturated rings. The van der Waals surface area contributed by atoms with E-state index in [1.165, 1.54) is 19.3 Å². The molecule has 1 N–H and O–H groups in total. The van der Waals surface area contributed by atoms with E-state index in [2.05, 4.69) is 33.1 Å². The molecule has 96 valence electrons. The predicted molar refractivity (Wildman–Crippen MR) is 69.6 cm³/mol. The normalized spacial score (nSPS) is 31.7. The van der Waals surface area contributed by atoms with Crippen molar-refractivity contribution in [3.63, 3.8) is 0 Å². The van der Waals surface area contributed by atoms with Crippen LogP contribution in [0.4, 0.5) is 0 Å². The summed E-state index contributed by atoms with van der Waals surface area (Å²) >= 11 is 0. The Morgan fingerprint density at radius 1 is 1.19 bits per heavy atom. The lowest BCUT2D eigenvalue weighted by molar-refractivity contribution is 0.0426. The van der Waals surface area contributed by atoms with E-state index in [1.807, 2.05) is 7.11 Å². The first kappa shape index (κ1) is 14.0. The first-order valence-electron chi connectivity index (χ1n) is 6.62. The van der Waals surface area contributed by atoms with Crippen LogP contribution in [0.15, 0.2) is 0 Å². The summed E-state index contributed by atoms with van der Waals surface area (Å²) in [4.78, 5) is 0. The highest BCUT2D eigenvalue weighted by Gasteiger charge is 2.35. The summed E-state index contributed by atoms with van der Waals surface area (Å²) < 4.78 is 5.39. The number of ether oxygens (including phenoxy) is 1. The summed E-state index contributed by atoms with van der Waals surface area (Å²) in [5.74, 6) is 2.42. The van der Waals surface area contributed by atoms with Crippen LogP contribution in [0, 0.1) is 23.2 Å². The molecule has 3 atom stereocenters. The molecule has 0 heterocycles. The molecule has 0 aromatic rings. The van der Waals surface area contributed by atoms with Gasteiger partial charge in [0.15, 0.2) is 0 Å². The lowest BCUT2D eigenvalue weighted by atomic mass is 9.65. The van der Waals surface area contributed by atoms with Crippen LogP contribution < -0.4 is 5.32 Å². The monoisotopic (exact) mass is 227 g/mol. The Morgan fingerprint density at radius 3 is 2.38 bits per heavy atom. The Kier molecular flexibility index (Phi) is 5.26. The maximum absolute atomic E-state index is 5.39. The van der Waals surface area contributed by atoms with Crippen LogP contribution in [0.25, 0.3) is 0 Å². The Bertz CT molecular complexity index is 197. The topological polar surface area (TPSA) is 21.3 Å². The van der Waals surface area contributed by atoms with E-state index >= 15 is 0 Å². The zero-order valence-corrected chi connectivity index (χ0v) is 11.7. The summed E-state index contributed by atoms with van der Waals surface area (Å²) in [6.07, 6.45) is 4.08. The van der Waals surface area contributed by atoms with E-state index in [-0.39, 0.29) is 0 Å². The van der Waals surface area contributed by atoms with Crippen molar-refractivity contribution in [1.29, 1.82) is 0 Å². The van der Waals surface area contributed by atoms with E-state index in [0.29, 0.717) is 5.41 Å². The highest BCUT2D eigenvalue weighted by Crippen LogP contribution is 2.42. The van der Waals surface area contributed by atoms with Crippen LogP contribution in [0.5, 0.6) is 0 Å². The fourth-order valence-corrected chi connectivity index (χ4v) is 3.06. The maximum atomic E-state index is 5.39. The quantitative estimate of drug-likeness (QED) is 0.797. The van der Waals surface area contributed by atoms with Gasteiger partial charge in [0, 0.05) is 13.7 Å². The van der Waals surface area contributed by atoms with Gasteiger partial charge in [-0.3, -0.25) is 0 Å². The molecule has 1 aliphatic rings. The summed E-state index contributed by atoms with van der Waals surface area (Å²) in [6.45, 7) is 9.20. The summed E-state index contributed by atoms with van der Waals surface area (Å²) in [5, 5.41) is 3.32. The molecule has 1 saturated carbocycles. The Balaban J connectivity index is 2.57. The summed E-state index contributed by atoms with van der Waals surface area (Å²) in [5.41, 5.74) is 0.455. The highest BCUT2D eigenvalue weighted by atomic mass is 16.5. The molecule has 0 aromatic heterocycles. The zero-order chi connectivity index (χ0) is 12.2. The maximum Gasteiger partial charge on any atom is 0.0493 e. The van der Waals surface area contributed by atoms with Crippen molar-refractivity contribution < 1.29 is 4.74 Å². The van der Waals surface area contributed by atoms with Gasteiger partial charge in [0.1, 0.15) is 0 Å². The molecule has 0 spiro atoms. The first-order valence-corrected chi connectivity index (χ1v) is 6.62. The largest absolute Gasteiger partial charge is 0.384 e. The van der Waals surface area contributed by atoms with Crippen LogP contribution in [-0.4, -0.2) is 27.3 Å². The SMILES string of the molecule is CNCC1CCC(C(C)(C)C)CC1COC. The minimum atomic E-state index is 0.455. The van der Waals surface area contributed by atoms with Gasteiger partial charge in [-0.25, -0.2) is 0 Å². The van der Waals surface area contributed by atoms with Crippen molar-refractivity contribution in [2.45, 2.75) is 40.0 Å². The van der Waals surface area contributed by atoms with Gasteiger partial charge >= 0.3 is 0 Å². The van der Waals surface area contributed by atoms with Gasteiger partial charge in [-0.1, -0.05) is 20.8 Å². The molecule has 0 amide bonds. The molecule has 1 rings (SSSR count). The van der Waals surface area contributed by atoms with Crippen LogP contribution in [0.1, 0.15) is 40.0 Å². The molecule has 0 bridgehead atoms. The van der Waals surface area contributed by atoms with Crippen LogP contribution in [-0.2, 0) is 4.74 Å². The van der Waals surface area contributed by atoms with Crippen molar-refractivity contribution in [1.82, 2.24) is 5.32 Å². The molecule has 3 unspecified atom stereocenters. The highest BCUT2D eigenvalue weighted by molar-refractivity contribution is 4.86. The van der Waals surface area contributed by atoms with Crippen molar-refractivity contribution in [2.24, 2.45) is 23.2 Å². The number of nitrogens with one attached hydrogen (secondary N) is 1. The van der Waals surface area contributed by atoms with Crippen molar-refractivity contribution in [3.05, 3.63) is 0 Å². The minimum Gasteiger partial charge on any atom is -0.384 e. The van der Waals surface area contributed by atoms with E-state index in [1.54, 1.807) is 0 Å². The van der Waals surface area contributed by atoms with Gasteiger partial charge in [-0.2, -0.15) is 0 Å². The Morgan fingerprint density at radius 2 is 1.88 bits per heavy atom. The fourth-order valence-electron chi connectivity index (χ4n) is 3.06. The second-order valence-electron chi connectivity index (χ2n) is 6.41. The summed E-state index contributed by atoms with van der Waals surface area (Å²) in [7, 11) is 3.89. The smallest absolute Gasteiger partial charge is 0.0493 e. The van der Waals surface area contributed by atoms with Gasteiger partial charge in [-0.05, 0) is 56.0 Å². The van der Waals surface area contributed by atoms with Gasteiger partial charge in [0.2, 0.25) is 0 Å². The van der Waals surface area contributed by atoms with Crippen LogP contribution in [0.2, 0.25) is 0 Å². The number of hydrogen-bond donors (Lipinski definition) is 1. The minimum absolute atomic E-state index is 0.455. The predicted octanol–water partition coefficient (Wildman–Crippen LogP) is 2.93. The average molecular weight is 227 g/mol. The van der Waals surface area contributed by atoms with E-state index in [0.717, 1.165) is 30.9 Å². The molecule has 2 nitrogen and oxygen atoms in total. The van der Waals surface area contributed by atoms with Crippen LogP contribution >= 0.6 is 0 Å². The molecule has 0 saturated heterocycles. The fraction of sp³-hybridized carbons (Fsp3) is 1.00. The van der Waals surface area contributed by atoms with Gasteiger partial charge in [-0.15, -0.1) is 0 Å². The van der Waals surface area contributed by atoms with E-state index < -0.39 is 0 Å². The van der Waals surface area contributed by atoms with Gasteiger partial charge in [0.25, 0.3) is 0 Å². The van der Waals surface area contributed by atoms with Gasteiger partial charge < -0.3 is 10.1 Å². The molecule has 0 aromatic carbocycles. The lowest BCUT2D eigenvalue weighted by Crippen LogP contribution is -2.37. The lowest BCUT2D eigenvalue weighted by Gasteiger charge is -2.41. The Hall–Kier alpha value is -0.0800. The van der Waals surface area contributed by atoms with Crippen molar-refractivity contribution in [2.75, 3.05) is 27.3 Å². The third-order valence-corrected chi connectivity index (χ3v) is 4.21. The molecule has 0 aliphatic heterocycles. The molecular weight excluding hydrogens is 198 g/mol. The number of methoxy groups -OCH3 is 1. The van der Waals surface area contributed by atoms with Gasteiger partial charge in [0.05, 0.1) is 0 Å². The molecule has 1 aliphatic carbocycles. The second-order valence-corrected chi connectivity index (χ2v) is 6.41. The number of rotatable bonds is 4. The Labute approximate surface area is 101 Å². The second kappa shape index (κ2) is 6.02. The molecule has 2 heteroatoms. The summed E-state index contributed by atoms with van der Waals surface area (Å²) in [6, 6.07) is 0. The van der Waals surface area contributed by atoms with Crippen molar-refractivity contribution in [3.8, 4) is 0 Å². The molecule has 16 heavy (non-hydrogen) atoms. The van der Waals surface area contributed by atoms with E-state index in [4.69, 9.17) is 4.74 Å². The number of hydrogen-bond acceptors (Lipinski definition) is 2. The average Bonchev–Trinajstić information content (AvgIpc) is 2.19. The zero-order valence-electron chi connectivity index (χ0n) is 11.7. The third kappa shape index (κ3) is 3.74. The van der Waals surface area contributed by atoms with E-state index in [9.17, 15) is 0 Å². The molecular formula is C14H29NO.